The summed E-state index contributed by atoms with van der Waals surface area (Å²) in [5, 5.41) is 6.68. The van der Waals surface area contributed by atoms with Crippen LogP contribution in [0, 0.1) is 0 Å². The smallest absolute Gasteiger partial charge is 0.224 e. The van der Waals surface area contributed by atoms with Crippen LogP contribution in [0.25, 0.3) is 10.2 Å². The molecular formula is C10H13N3O2S3. The number of nitrogens with zero attached hydrogens (tertiary/aromatic N) is 2. The molecule has 0 bridgehead atoms. The van der Waals surface area contributed by atoms with Crippen LogP contribution in [0.1, 0.15) is 0 Å². The molecule has 0 aliphatic heterocycles. The highest BCUT2D eigenvalue weighted by molar-refractivity contribution is 8.00. The molecule has 0 radical (unpaired) electrons. The summed E-state index contributed by atoms with van der Waals surface area (Å²) >= 11 is 2.99. The molecule has 8 heteroatoms. The van der Waals surface area contributed by atoms with Crippen molar-refractivity contribution in [1.29, 1.82) is 0 Å². The van der Waals surface area contributed by atoms with Crippen molar-refractivity contribution < 1.29 is 8.42 Å². The number of hydrogen-bond acceptors (Lipinski definition) is 7. The second-order valence-electron chi connectivity index (χ2n) is 3.72. The number of rotatable bonds is 5. The van der Waals surface area contributed by atoms with Crippen LogP contribution in [-0.4, -0.2) is 43.2 Å². The van der Waals surface area contributed by atoms with E-state index in [1.54, 1.807) is 18.4 Å². The number of sulfone groups is 1. The topological polar surface area (TPSA) is 72.0 Å². The van der Waals surface area contributed by atoms with Crippen molar-refractivity contribution in [3.8, 4) is 0 Å². The van der Waals surface area contributed by atoms with Gasteiger partial charge in [-0.15, -0.1) is 23.1 Å². The Hall–Kier alpha value is -0.860. The molecule has 0 aliphatic rings. The molecule has 0 fully saturated rings. The number of hydrogen-bond donors (Lipinski definition) is 1. The molecular weight excluding hydrogens is 290 g/mol. The minimum Gasteiger partial charge on any atom is -0.357 e. The number of nitrogens with one attached hydrogen (secondary N) is 1. The van der Waals surface area contributed by atoms with E-state index >= 15 is 0 Å². The highest BCUT2D eigenvalue weighted by Gasteiger charge is 2.10. The van der Waals surface area contributed by atoms with Crippen LogP contribution in [0.2, 0.25) is 0 Å². The molecule has 98 valence electrons. The van der Waals surface area contributed by atoms with Crippen molar-refractivity contribution in [2.24, 2.45) is 0 Å². The summed E-state index contributed by atoms with van der Waals surface area (Å²) in [5.74, 6) is 1.22. The molecule has 0 saturated heterocycles. The third-order valence-electron chi connectivity index (χ3n) is 2.21. The lowest BCUT2D eigenvalue weighted by Gasteiger charge is -2.04. The van der Waals surface area contributed by atoms with E-state index in [2.05, 4.69) is 15.3 Å². The van der Waals surface area contributed by atoms with E-state index in [0.717, 1.165) is 15.2 Å². The van der Waals surface area contributed by atoms with Crippen molar-refractivity contribution in [3.63, 3.8) is 0 Å². The summed E-state index contributed by atoms with van der Waals surface area (Å²) in [4.78, 5) is 9.61. The number of anilines is 1. The van der Waals surface area contributed by atoms with Crippen LogP contribution in [-0.2, 0) is 9.84 Å². The van der Waals surface area contributed by atoms with Gasteiger partial charge in [0.1, 0.15) is 19.7 Å². The maximum Gasteiger partial charge on any atom is 0.224 e. The zero-order valence-corrected chi connectivity index (χ0v) is 12.5. The van der Waals surface area contributed by atoms with E-state index in [9.17, 15) is 8.42 Å². The van der Waals surface area contributed by atoms with Crippen LogP contribution in [0.5, 0.6) is 0 Å². The van der Waals surface area contributed by atoms with Gasteiger partial charge in [0.25, 0.3) is 0 Å². The summed E-state index contributed by atoms with van der Waals surface area (Å²) < 4.78 is 22.2. The molecule has 18 heavy (non-hydrogen) atoms. The molecule has 0 spiro atoms. The van der Waals surface area contributed by atoms with Gasteiger partial charge in [0, 0.05) is 24.4 Å². The molecule has 0 aliphatic carbocycles. The summed E-state index contributed by atoms with van der Waals surface area (Å²) in [7, 11) is -1.16. The standard InChI is InChI=1S/C10H13N3O2S3/c1-11-10-12-8-7(3-4-16-8)9(13-10)17-5-6-18(2,14)15/h3-4H,5-6H2,1-2H3,(H,11,12,13). The minimum absolute atomic E-state index is 0.155. The zero-order valence-electron chi connectivity index (χ0n) is 10.0. The van der Waals surface area contributed by atoms with Crippen molar-refractivity contribution in [3.05, 3.63) is 11.4 Å². The highest BCUT2D eigenvalue weighted by atomic mass is 32.2. The van der Waals surface area contributed by atoms with E-state index in [-0.39, 0.29) is 5.75 Å². The van der Waals surface area contributed by atoms with E-state index in [0.29, 0.717) is 11.7 Å². The Morgan fingerprint density at radius 2 is 2.22 bits per heavy atom. The van der Waals surface area contributed by atoms with Gasteiger partial charge in [0.05, 0.1) is 5.75 Å². The van der Waals surface area contributed by atoms with Gasteiger partial charge < -0.3 is 5.32 Å². The zero-order chi connectivity index (χ0) is 13.2. The summed E-state index contributed by atoms with van der Waals surface area (Å²) in [6, 6.07) is 1.96. The predicted octanol–water partition coefficient (Wildman–Crippen LogP) is 1.87. The Morgan fingerprint density at radius 1 is 1.44 bits per heavy atom. The van der Waals surface area contributed by atoms with Gasteiger partial charge in [-0.2, -0.15) is 0 Å². The van der Waals surface area contributed by atoms with E-state index in [1.807, 2.05) is 11.4 Å². The van der Waals surface area contributed by atoms with E-state index in [1.165, 1.54) is 18.0 Å². The van der Waals surface area contributed by atoms with Gasteiger partial charge in [0.2, 0.25) is 5.95 Å². The Balaban J connectivity index is 2.23. The lowest BCUT2D eigenvalue weighted by Crippen LogP contribution is -2.05. The molecule has 1 N–H and O–H groups in total. The highest BCUT2D eigenvalue weighted by Crippen LogP contribution is 2.29. The van der Waals surface area contributed by atoms with Crippen molar-refractivity contribution in [1.82, 2.24) is 9.97 Å². The Labute approximate surface area is 114 Å². The molecule has 0 aromatic carbocycles. The third-order valence-corrected chi connectivity index (χ3v) is 5.21. The van der Waals surface area contributed by atoms with Crippen molar-refractivity contribution >= 4 is 49.1 Å². The number of thiophene rings is 1. The maximum absolute atomic E-state index is 11.1. The fourth-order valence-electron chi connectivity index (χ4n) is 1.34. The minimum atomic E-state index is -2.93. The average molecular weight is 303 g/mol. The number of fused-ring (bicyclic) bond motifs is 1. The maximum atomic E-state index is 11.1. The van der Waals surface area contributed by atoms with Crippen LogP contribution in [0.15, 0.2) is 16.5 Å². The lowest BCUT2D eigenvalue weighted by atomic mass is 10.4. The normalized spacial score (nSPS) is 11.9. The first-order valence-electron chi connectivity index (χ1n) is 5.23. The molecule has 5 nitrogen and oxygen atoms in total. The first-order valence-corrected chi connectivity index (χ1v) is 9.16. The molecule has 2 aromatic rings. The Morgan fingerprint density at radius 3 is 2.89 bits per heavy atom. The molecule has 2 heterocycles. The van der Waals surface area contributed by atoms with Gasteiger partial charge >= 0.3 is 0 Å². The Kier molecular flexibility index (Phi) is 4.08. The summed E-state index contributed by atoms with van der Waals surface area (Å²) in [5.41, 5.74) is 0. The lowest BCUT2D eigenvalue weighted by molar-refractivity contribution is 0.603. The van der Waals surface area contributed by atoms with Gasteiger partial charge in [-0.3, -0.25) is 0 Å². The SMILES string of the molecule is CNc1nc(SCCS(C)(=O)=O)c2ccsc2n1. The summed E-state index contributed by atoms with van der Waals surface area (Å²) in [6.07, 6.45) is 1.24. The van der Waals surface area contributed by atoms with Gasteiger partial charge in [-0.25, -0.2) is 18.4 Å². The second-order valence-corrected chi connectivity index (χ2v) is 7.96. The predicted molar refractivity (Wildman–Crippen MR) is 77.4 cm³/mol. The first-order chi connectivity index (χ1) is 8.49. The molecule has 0 amide bonds. The fourth-order valence-corrected chi connectivity index (χ4v) is 4.38. The van der Waals surface area contributed by atoms with Gasteiger partial charge in [0.15, 0.2) is 0 Å². The second kappa shape index (κ2) is 5.41. The van der Waals surface area contributed by atoms with Gasteiger partial charge in [-0.1, -0.05) is 0 Å². The third kappa shape index (κ3) is 3.33. The largest absolute Gasteiger partial charge is 0.357 e. The van der Waals surface area contributed by atoms with E-state index < -0.39 is 9.84 Å². The molecule has 2 rings (SSSR count). The molecule has 0 unspecified atom stereocenters. The molecule has 0 saturated carbocycles. The number of thioether (sulfide) groups is 1. The molecule has 0 atom stereocenters. The first kappa shape index (κ1) is 13.6. The van der Waals surface area contributed by atoms with E-state index in [4.69, 9.17) is 0 Å². The van der Waals surface area contributed by atoms with Crippen molar-refractivity contribution in [2.45, 2.75) is 5.03 Å². The van der Waals surface area contributed by atoms with Crippen molar-refractivity contribution in [2.75, 3.05) is 30.1 Å². The molecule has 2 aromatic heterocycles. The van der Waals surface area contributed by atoms with Gasteiger partial charge in [-0.05, 0) is 11.4 Å². The van der Waals surface area contributed by atoms with Crippen LogP contribution in [0.4, 0.5) is 5.95 Å². The van der Waals surface area contributed by atoms with Crippen LogP contribution in [0.3, 0.4) is 0 Å². The fraction of sp³-hybridized carbons (Fsp3) is 0.400. The quantitative estimate of drug-likeness (QED) is 0.671. The van der Waals surface area contributed by atoms with Crippen LogP contribution >= 0.6 is 23.1 Å². The summed E-state index contributed by atoms with van der Waals surface area (Å²) in [6.45, 7) is 0. The average Bonchev–Trinajstić information content (AvgIpc) is 2.75. The van der Waals surface area contributed by atoms with Crippen LogP contribution < -0.4 is 5.32 Å². The number of aromatic nitrogens is 2. The Bertz CT molecular complexity index is 651. The monoisotopic (exact) mass is 303 g/mol.